The lowest BCUT2D eigenvalue weighted by Gasteiger charge is -2.20. The van der Waals surface area contributed by atoms with Crippen molar-refractivity contribution in [2.75, 3.05) is 13.1 Å². The van der Waals surface area contributed by atoms with Gasteiger partial charge in [-0.15, -0.1) is 24.0 Å². The highest BCUT2D eigenvalue weighted by Crippen LogP contribution is 2.22. The average molecular weight is 359 g/mol. The SMILES string of the molecule is I.OC1CC2CN=C(NCc3ccccc3)N2C1. The molecule has 0 aliphatic carbocycles. The third-order valence-electron chi connectivity index (χ3n) is 3.41. The van der Waals surface area contributed by atoms with Crippen molar-refractivity contribution < 1.29 is 5.11 Å². The summed E-state index contributed by atoms with van der Waals surface area (Å²) in [6.45, 7) is 2.32. The van der Waals surface area contributed by atoms with Crippen LogP contribution >= 0.6 is 24.0 Å². The number of aliphatic hydroxyl groups excluding tert-OH is 1. The summed E-state index contributed by atoms with van der Waals surface area (Å²) in [6.07, 6.45) is 0.657. The van der Waals surface area contributed by atoms with Crippen LogP contribution in [-0.2, 0) is 6.54 Å². The Morgan fingerprint density at radius 2 is 2.11 bits per heavy atom. The Balaban J connectivity index is 0.00000120. The highest BCUT2D eigenvalue weighted by Gasteiger charge is 2.36. The van der Waals surface area contributed by atoms with E-state index in [1.54, 1.807) is 0 Å². The molecule has 2 aliphatic rings. The maximum Gasteiger partial charge on any atom is 0.194 e. The Hall–Kier alpha value is -0.820. The van der Waals surface area contributed by atoms with E-state index in [-0.39, 0.29) is 30.1 Å². The molecule has 2 aliphatic heterocycles. The molecule has 1 fully saturated rings. The number of aliphatic imine (C=N–C) groups is 1. The van der Waals surface area contributed by atoms with Gasteiger partial charge >= 0.3 is 0 Å². The van der Waals surface area contributed by atoms with Crippen LogP contribution in [0.1, 0.15) is 12.0 Å². The van der Waals surface area contributed by atoms with Gasteiger partial charge in [-0.25, -0.2) is 0 Å². The number of fused-ring (bicyclic) bond motifs is 1. The number of hydrogen-bond acceptors (Lipinski definition) is 4. The van der Waals surface area contributed by atoms with Crippen LogP contribution in [0, 0.1) is 0 Å². The Kier molecular flexibility index (Phi) is 4.45. The molecule has 2 unspecified atom stereocenters. The molecule has 2 atom stereocenters. The molecule has 0 amide bonds. The zero-order valence-electron chi connectivity index (χ0n) is 10.1. The lowest BCUT2D eigenvalue weighted by Crippen LogP contribution is -2.40. The van der Waals surface area contributed by atoms with Gasteiger partial charge in [-0.05, 0) is 12.0 Å². The fraction of sp³-hybridized carbons (Fsp3) is 0.462. The largest absolute Gasteiger partial charge is 0.391 e. The van der Waals surface area contributed by atoms with Gasteiger partial charge < -0.3 is 15.3 Å². The molecule has 2 N–H and O–H groups in total. The number of hydrogen-bond donors (Lipinski definition) is 2. The van der Waals surface area contributed by atoms with Crippen molar-refractivity contribution in [3.63, 3.8) is 0 Å². The molecule has 2 heterocycles. The van der Waals surface area contributed by atoms with E-state index in [1.165, 1.54) is 5.56 Å². The maximum atomic E-state index is 9.61. The van der Waals surface area contributed by atoms with Crippen LogP contribution in [-0.4, -0.2) is 41.2 Å². The van der Waals surface area contributed by atoms with Crippen LogP contribution in [0.5, 0.6) is 0 Å². The highest BCUT2D eigenvalue weighted by molar-refractivity contribution is 14.0. The van der Waals surface area contributed by atoms with Crippen molar-refractivity contribution in [3.8, 4) is 0 Å². The minimum atomic E-state index is -0.191. The molecule has 0 saturated carbocycles. The molecule has 4 nitrogen and oxygen atoms in total. The quantitative estimate of drug-likeness (QED) is 0.781. The number of benzene rings is 1. The Labute approximate surface area is 124 Å². The van der Waals surface area contributed by atoms with E-state index >= 15 is 0 Å². The van der Waals surface area contributed by atoms with Crippen LogP contribution in [0.15, 0.2) is 35.3 Å². The van der Waals surface area contributed by atoms with Crippen molar-refractivity contribution in [1.29, 1.82) is 0 Å². The molecule has 18 heavy (non-hydrogen) atoms. The van der Waals surface area contributed by atoms with Gasteiger partial charge in [0.1, 0.15) is 0 Å². The predicted octanol–water partition coefficient (Wildman–Crippen LogP) is 1.20. The molecule has 3 rings (SSSR count). The van der Waals surface area contributed by atoms with E-state index in [1.807, 2.05) is 18.2 Å². The lowest BCUT2D eigenvalue weighted by atomic mass is 10.2. The molecule has 1 saturated heterocycles. The van der Waals surface area contributed by atoms with Crippen LogP contribution in [0.3, 0.4) is 0 Å². The van der Waals surface area contributed by atoms with Crippen molar-refractivity contribution >= 4 is 29.9 Å². The molecule has 1 aromatic rings. The van der Waals surface area contributed by atoms with Gasteiger partial charge in [0, 0.05) is 13.1 Å². The zero-order chi connectivity index (χ0) is 11.7. The highest BCUT2D eigenvalue weighted by atomic mass is 127. The fourth-order valence-corrected chi connectivity index (χ4v) is 2.54. The molecule has 98 valence electrons. The minimum Gasteiger partial charge on any atom is -0.391 e. The fourth-order valence-electron chi connectivity index (χ4n) is 2.54. The topological polar surface area (TPSA) is 47.9 Å². The van der Waals surface area contributed by atoms with Crippen LogP contribution in [0.4, 0.5) is 0 Å². The second-order valence-electron chi connectivity index (χ2n) is 4.70. The first-order valence-corrected chi connectivity index (χ1v) is 6.10. The summed E-state index contributed by atoms with van der Waals surface area (Å²) in [6, 6.07) is 10.7. The summed E-state index contributed by atoms with van der Waals surface area (Å²) in [5, 5.41) is 13.0. The van der Waals surface area contributed by atoms with Gasteiger partial charge in [-0.2, -0.15) is 0 Å². The molecule has 0 bridgehead atoms. The number of nitrogens with zero attached hydrogens (tertiary/aromatic N) is 2. The second kappa shape index (κ2) is 5.88. The smallest absolute Gasteiger partial charge is 0.194 e. The van der Waals surface area contributed by atoms with Gasteiger partial charge in [0.25, 0.3) is 0 Å². The molecule has 5 heteroatoms. The number of halogens is 1. The predicted molar refractivity (Wildman–Crippen MR) is 82.1 cm³/mol. The van der Waals surface area contributed by atoms with Gasteiger partial charge in [0.15, 0.2) is 5.96 Å². The van der Waals surface area contributed by atoms with Crippen LogP contribution in [0.25, 0.3) is 0 Å². The summed E-state index contributed by atoms with van der Waals surface area (Å²) in [7, 11) is 0. The number of nitrogens with one attached hydrogen (secondary N) is 1. The van der Waals surface area contributed by atoms with Gasteiger partial charge in [-0.1, -0.05) is 30.3 Å². The van der Waals surface area contributed by atoms with Crippen LogP contribution < -0.4 is 5.32 Å². The van der Waals surface area contributed by atoms with E-state index in [0.717, 1.165) is 25.5 Å². The van der Waals surface area contributed by atoms with Gasteiger partial charge in [0.05, 0.1) is 18.7 Å². The summed E-state index contributed by atoms with van der Waals surface area (Å²) >= 11 is 0. The molecular weight excluding hydrogens is 341 g/mol. The summed E-state index contributed by atoms with van der Waals surface area (Å²) in [5.41, 5.74) is 1.25. The minimum absolute atomic E-state index is 0. The van der Waals surface area contributed by atoms with Crippen LogP contribution in [0.2, 0.25) is 0 Å². The third-order valence-corrected chi connectivity index (χ3v) is 3.41. The molecular formula is C13H18IN3O. The van der Waals surface area contributed by atoms with Crippen molar-refractivity contribution in [2.45, 2.75) is 25.1 Å². The standard InChI is InChI=1S/C13H17N3O.HI/c17-12-6-11-8-15-13(16(11)9-12)14-7-10-4-2-1-3-5-10;/h1-5,11-12,17H,6-9H2,(H,14,15);1H. The molecule has 0 aromatic heterocycles. The first-order valence-electron chi connectivity index (χ1n) is 6.10. The second-order valence-corrected chi connectivity index (χ2v) is 4.70. The zero-order valence-corrected chi connectivity index (χ0v) is 12.5. The van der Waals surface area contributed by atoms with Crippen molar-refractivity contribution in [1.82, 2.24) is 10.2 Å². The van der Waals surface area contributed by atoms with Crippen molar-refractivity contribution in [3.05, 3.63) is 35.9 Å². The third kappa shape index (κ3) is 2.77. The van der Waals surface area contributed by atoms with E-state index < -0.39 is 0 Å². The Morgan fingerprint density at radius 1 is 1.33 bits per heavy atom. The molecule has 1 aromatic carbocycles. The normalized spacial score (nSPS) is 25.4. The maximum absolute atomic E-state index is 9.61. The number of guanidine groups is 1. The summed E-state index contributed by atoms with van der Waals surface area (Å²) in [5.74, 6) is 0.940. The Bertz CT molecular complexity index is 424. The average Bonchev–Trinajstić information content (AvgIpc) is 2.87. The van der Waals surface area contributed by atoms with Gasteiger partial charge in [0.2, 0.25) is 0 Å². The summed E-state index contributed by atoms with van der Waals surface area (Å²) in [4.78, 5) is 6.68. The molecule has 0 radical (unpaired) electrons. The number of rotatable bonds is 2. The monoisotopic (exact) mass is 359 g/mol. The molecule has 0 spiro atoms. The first kappa shape index (κ1) is 13.6. The van der Waals surface area contributed by atoms with E-state index in [2.05, 4.69) is 27.3 Å². The van der Waals surface area contributed by atoms with E-state index in [4.69, 9.17) is 0 Å². The first-order chi connectivity index (χ1) is 8.33. The van der Waals surface area contributed by atoms with E-state index in [9.17, 15) is 5.11 Å². The number of aliphatic hydroxyl groups is 1. The lowest BCUT2D eigenvalue weighted by molar-refractivity contribution is 0.187. The van der Waals surface area contributed by atoms with Crippen molar-refractivity contribution in [2.24, 2.45) is 4.99 Å². The summed E-state index contributed by atoms with van der Waals surface area (Å²) < 4.78 is 0. The van der Waals surface area contributed by atoms with E-state index in [0.29, 0.717) is 12.6 Å². The van der Waals surface area contributed by atoms with Gasteiger partial charge in [-0.3, -0.25) is 4.99 Å². The Morgan fingerprint density at radius 3 is 2.89 bits per heavy atom.